The average Bonchev–Trinajstić information content (AvgIpc) is 2.77. The minimum Gasteiger partial charge on any atom is -0.545 e. The number of allylic oxidation sites excluding steroid dienone is 2. The molecule has 0 radical (unpaired) electrons. The molecule has 2 aromatic rings. The van der Waals surface area contributed by atoms with Crippen LogP contribution < -0.4 is 29.2 Å². The summed E-state index contributed by atoms with van der Waals surface area (Å²) in [7, 11) is 6.14. The van der Waals surface area contributed by atoms with Gasteiger partial charge in [0.05, 0.1) is 40.4 Å². The third-order valence-corrected chi connectivity index (χ3v) is 4.34. The molecule has 2 aromatic carbocycles. The first-order valence-electron chi connectivity index (χ1n) is 9.40. The summed E-state index contributed by atoms with van der Waals surface area (Å²) in [4.78, 5) is 20.9. The van der Waals surface area contributed by atoms with Crippen molar-refractivity contribution in [2.45, 2.75) is 13.8 Å². The Morgan fingerprint density at radius 1 is 0.667 bits per heavy atom. The van der Waals surface area contributed by atoms with E-state index in [1.165, 1.54) is 14.2 Å². The summed E-state index contributed by atoms with van der Waals surface area (Å²) in [6.45, 7) is 3.36. The summed E-state index contributed by atoms with van der Waals surface area (Å²) in [6, 6.07) is 10.4. The predicted octanol–water partition coefficient (Wildman–Crippen LogP) is 1.33. The fourth-order valence-corrected chi connectivity index (χ4v) is 2.76. The number of carbonyl (C=O) groups excluding carboxylic acids is 2. The molecule has 2 rings (SSSR count). The third kappa shape index (κ3) is 9.46. The summed E-state index contributed by atoms with van der Waals surface area (Å²) >= 11 is 0. The number of carboxylic acid groups (broad SMARTS) is 2. The van der Waals surface area contributed by atoms with E-state index in [0.717, 1.165) is 12.2 Å². The van der Waals surface area contributed by atoms with Crippen molar-refractivity contribution in [3.8, 4) is 23.0 Å². The molecular weight excluding hydrogens is 441 g/mol. The molecular formula is C24H26MgO8. The minimum absolute atomic E-state index is 0. The van der Waals surface area contributed by atoms with Gasteiger partial charge in [0, 0.05) is 23.3 Å². The van der Waals surface area contributed by atoms with Crippen molar-refractivity contribution in [1.29, 1.82) is 0 Å². The Bertz CT molecular complexity index is 930. The van der Waals surface area contributed by atoms with Crippen molar-refractivity contribution in [3.63, 3.8) is 0 Å². The molecule has 8 nitrogen and oxygen atoms in total. The zero-order valence-electron chi connectivity index (χ0n) is 19.6. The van der Waals surface area contributed by atoms with E-state index < -0.39 is 11.9 Å². The number of benzene rings is 2. The quantitative estimate of drug-likeness (QED) is 0.422. The third-order valence-electron chi connectivity index (χ3n) is 4.34. The number of methoxy groups -OCH3 is 4. The van der Waals surface area contributed by atoms with Crippen LogP contribution in [-0.4, -0.2) is 63.4 Å². The SMILES string of the molecule is COc1ccc(/C(C)=C\C(=O)[O-])c(OC)c1.COc1ccc(/C(C)=C\C(=O)[O-])c(OC)c1.[Mg+2]. The summed E-state index contributed by atoms with van der Waals surface area (Å²) in [5.41, 5.74) is 2.54. The monoisotopic (exact) mass is 466 g/mol. The first-order chi connectivity index (χ1) is 15.2. The topological polar surface area (TPSA) is 117 Å². The molecule has 0 heterocycles. The number of carboxylic acids is 2. The number of ether oxygens (including phenoxy) is 4. The van der Waals surface area contributed by atoms with Gasteiger partial charge < -0.3 is 38.7 Å². The van der Waals surface area contributed by atoms with E-state index in [4.69, 9.17) is 18.9 Å². The normalized spacial score (nSPS) is 10.7. The fourth-order valence-electron chi connectivity index (χ4n) is 2.76. The van der Waals surface area contributed by atoms with Crippen molar-refractivity contribution < 1.29 is 38.7 Å². The maximum atomic E-state index is 10.5. The number of hydrogen-bond donors (Lipinski definition) is 0. The second-order valence-corrected chi connectivity index (χ2v) is 6.43. The maximum absolute atomic E-state index is 10.5. The van der Waals surface area contributed by atoms with Crippen LogP contribution in [0.25, 0.3) is 11.1 Å². The summed E-state index contributed by atoms with van der Waals surface area (Å²) in [5.74, 6) is -0.0156. The molecule has 0 saturated heterocycles. The van der Waals surface area contributed by atoms with Crippen molar-refractivity contribution >= 4 is 46.1 Å². The Morgan fingerprint density at radius 2 is 1.00 bits per heavy atom. The molecule has 0 aliphatic rings. The zero-order chi connectivity index (χ0) is 24.3. The molecule has 0 aliphatic heterocycles. The van der Waals surface area contributed by atoms with Crippen LogP contribution in [0.5, 0.6) is 23.0 Å². The molecule has 0 amide bonds. The Balaban J connectivity index is 0.000000602. The van der Waals surface area contributed by atoms with Crippen LogP contribution in [0.3, 0.4) is 0 Å². The van der Waals surface area contributed by atoms with Gasteiger partial charge in [-0.1, -0.05) is 0 Å². The molecule has 0 unspecified atom stereocenters. The number of hydrogen-bond acceptors (Lipinski definition) is 8. The van der Waals surface area contributed by atoms with E-state index >= 15 is 0 Å². The second kappa shape index (κ2) is 14.8. The summed E-state index contributed by atoms with van der Waals surface area (Å²) in [6.07, 6.45) is 2.06. The van der Waals surface area contributed by atoms with Crippen molar-refractivity contribution in [2.75, 3.05) is 28.4 Å². The summed E-state index contributed by atoms with van der Waals surface area (Å²) in [5, 5.41) is 20.9. The van der Waals surface area contributed by atoms with Crippen molar-refractivity contribution in [2.24, 2.45) is 0 Å². The number of carbonyl (C=O) groups is 2. The van der Waals surface area contributed by atoms with Gasteiger partial charge in [-0.15, -0.1) is 0 Å². The van der Waals surface area contributed by atoms with Crippen LogP contribution in [0.15, 0.2) is 48.6 Å². The molecule has 9 heteroatoms. The van der Waals surface area contributed by atoms with Crippen LogP contribution in [0.4, 0.5) is 0 Å². The van der Waals surface area contributed by atoms with E-state index in [1.54, 1.807) is 64.5 Å². The van der Waals surface area contributed by atoms with Gasteiger partial charge in [0.15, 0.2) is 0 Å². The maximum Gasteiger partial charge on any atom is 2.00 e. The number of rotatable bonds is 8. The fraction of sp³-hybridized carbons (Fsp3) is 0.250. The van der Waals surface area contributed by atoms with Gasteiger partial charge in [0.2, 0.25) is 0 Å². The Morgan fingerprint density at radius 3 is 1.24 bits per heavy atom. The molecule has 0 aliphatic carbocycles. The van der Waals surface area contributed by atoms with Crippen LogP contribution in [-0.2, 0) is 9.59 Å². The van der Waals surface area contributed by atoms with Crippen molar-refractivity contribution in [1.82, 2.24) is 0 Å². The first-order valence-corrected chi connectivity index (χ1v) is 9.40. The largest absolute Gasteiger partial charge is 2.00 e. The minimum atomic E-state index is -1.23. The molecule has 0 saturated carbocycles. The average molecular weight is 467 g/mol. The van der Waals surface area contributed by atoms with Gasteiger partial charge >= 0.3 is 23.1 Å². The molecule has 0 aromatic heterocycles. The van der Waals surface area contributed by atoms with Gasteiger partial charge in [-0.25, -0.2) is 0 Å². The van der Waals surface area contributed by atoms with Gasteiger partial charge in [0.25, 0.3) is 0 Å². The van der Waals surface area contributed by atoms with Crippen LogP contribution in [0.1, 0.15) is 25.0 Å². The molecule has 0 bridgehead atoms. The first kappa shape index (κ1) is 29.8. The summed E-state index contributed by atoms with van der Waals surface area (Å²) < 4.78 is 20.4. The van der Waals surface area contributed by atoms with E-state index in [0.29, 0.717) is 45.3 Å². The van der Waals surface area contributed by atoms with E-state index in [-0.39, 0.29) is 23.1 Å². The van der Waals surface area contributed by atoms with Crippen molar-refractivity contribution in [3.05, 3.63) is 59.7 Å². The van der Waals surface area contributed by atoms with E-state index in [2.05, 4.69) is 0 Å². The smallest absolute Gasteiger partial charge is 0.545 e. The Kier molecular flexibility index (Phi) is 13.4. The molecule has 33 heavy (non-hydrogen) atoms. The Hall–Kier alpha value is -3.17. The van der Waals surface area contributed by atoms with Crippen LogP contribution in [0.2, 0.25) is 0 Å². The van der Waals surface area contributed by atoms with E-state index in [9.17, 15) is 19.8 Å². The Labute approximate surface area is 209 Å². The van der Waals surface area contributed by atoms with Gasteiger partial charge in [0.1, 0.15) is 23.0 Å². The molecule has 172 valence electrons. The van der Waals surface area contributed by atoms with Gasteiger partial charge in [-0.2, -0.15) is 0 Å². The standard InChI is InChI=1S/2C12H14O4.Mg/c2*1-8(6-12(13)14)10-5-4-9(15-2)7-11(10)16-3;/h2*4-7H,1-3H3,(H,13,14);/q;;+2/p-2/b2*8-6-;. The van der Waals surface area contributed by atoms with Gasteiger partial charge in [-0.05, 0) is 61.4 Å². The second-order valence-electron chi connectivity index (χ2n) is 6.43. The van der Waals surface area contributed by atoms with Crippen LogP contribution in [0, 0.1) is 0 Å². The van der Waals surface area contributed by atoms with Crippen LogP contribution >= 0.6 is 0 Å². The molecule has 0 fully saturated rings. The molecule has 0 N–H and O–H groups in total. The zero-order valence-corrected chi connectivity index (χ0v) is 21.0. The van der Waals surface area contributed by atoms with E-state index in [1.807, 2.05) is 0 Å². The number of aliphatic carboxylic acids is 2. The van der Waals surface area contributed by atoms with Gasteiger partial charge in [-0.3, -0.25) is 0 Å². The molecule has 0 spiro atoms. The molecule has 0 atom stereocenters. The predicted molar refractivity (Wildman–Crippen MR) is 122 cm³/mol.